The average Bonchev–Trinajstić information content (AvgIpc) is 3.26. The van der Waals surface area contributed by atoms with Crippen LogP contribution in [0, 0.1) is 0 Å². The van der Waals surface area contributed by atoms with E-state index in [1.165, 1.54) is 0 Å². The van der Waals surface area contributed by atoms with Gasteiger partial charge in [-0.15, -0.1) is 0 Å². The Morgan fingerprint density at radius 1 is 1.07 bits per heavy atom. The molecule has 156 valence electrons. The Hall–Kier alpha value is -2.51. The summed E-state index contributed by atoms with van der Waals surface area (Å²) in [6.45, 7) is 2.07. The summed E-state index contributed by atoms with van der Waals surface area (Å²) < 4.78 is 22.4. The molecule has 3 rings (SSSR count). The predicted octanol–water partition coefficient (Wildman–Crippen LogP) is 4.09. The summed E-state index contributed by atoms with van der Waals surface area (Å²) in [5.74, 6) is 2.16. The minimum Gasteiger partial charge on any atom is -0.495 e. The Morgan fingerprint density at radius 3 is 2.52 bits per heavy atom. The fourth-order valence-corrected chi connectivity index (χ4v) is 3.73. The third-order valence-electron chi connectivity index (χ3n) is 4.93. The molecular formula is C22H28N2O4S. The van der Waals surface area contributed by atoms with Crippen molar-refractivity contribution in [3.63, 3.8) is 0 Å². The van der Waals surface area contributed by atoms with Crippen LogP contribution in [0.25, 0.3) is 0 Å². The van der Waals surface area contributed by atoms with Gasteiger partial charge in [0.05, 0.1) is 33.1 Å². The fraction of sp³-hybridized carbons (Fsp3) is 0.409. The van der Waals surface area contributed by atoms with Gasteiger partial charge in [-0.25, -0.2) is 0 Å². The maximum atomic E-state index is 5.86. The quantitative estimate of drug-likeness (QED) is 0.651. The molecule has 0 radical (unpaired) electrons. The van der Waals surface area contributed by atoms with Gasteiger partial charge in [0.25, 0.3) is 0 Å². The van der Waals surface area contributed by atoms with Crippen molar-refractivity contribution in [2.24, 2.45) is 0 Å². The number of methoxy groups -OCH3 is 3. The van der Waals surface area contributed by atoms with E-state index >= 15 is 0 Å². The monoisotopic (exact) mass is 416 g/mol. The Bertz CT molecular complexity index is 824. The van der Waals surface area contributed by atoms with Crippen LogP contribution in [0.1, 0.15) is 18.4 Å². The first kappa shape index (κ1) is 21.2. The molecule has 0 saturated carbocycles. The molecule has 0 aromatic heterocycles. The van der Waals surface area contributed by atoms with Gasteiger partial charge in [-0.05, 0) is 43.3 Å². The molecule has 1 N–H and O–H groups in total. The van der Waals surface area contributed by atoms with Gasteiger partial charge >= 0.3 is 0 Å². The molecule has 2 aromatic rings. The molecule has 1 aliphatic heterocycles. The van der Waals surface area contributed by atoms with Crippen LogP contribution < -0.4 is 19.5 Å². The van der Waals surface area contributed by atoms with Gasteiger partial charge < -0.3 is 29.2 Å². The summed E-state index contributed by atoms with van der Waals surface area (Å²) in [5, 5.41) is 3.93. The average molecular weight is 417 g/mol. The number of para-hydroxylation sites is 3. The summed E-state index contributed by atoms with van der Waals surface area (Å²) in [6, 6.07) is 13.6. The lowest BCUT2D eigenvalue weighted by Crippen LogP contribution is -2.39. The van der Waals surface area contributed by atoms with E-state index in [9.17, 15) is 0 Å². The summed E-state index contributed by atoms with van der Waals surface area (Å²) in [7, 11) is 4.94. The second kappa shape index (κ2) is 10.3. The number of benzene rings is 2. The second-order valence-corrected chi connectivity index (χ2v) is 7.19. The van der Waals surface area contributed by atoms with Crippen LogP contribution in [0.4, 0.5) is 5.69 Å². The molecule has 0 amide bonds. The van der Waals surface area contributed by atoms with Gasteiger partial charge in [-0.1, -0.05) is 24.3 Å². The van der Waals surface area contributed by atoms with Gasteiger partial charge in [0.15, 0.2) is 16.6 Å². The topological polar surface area (TPSA) is 52.2 Å². The highest BCUT2D eigenvalue weighted by atomic mass is 32.1. The Balaban J connectivity index is 1.83. The molecule has 1 heterocycles. The van der Waals surface area contributed by atoms with Crippen molar-refractivity contribution < 1.29 is 18.9 Å². The molecule has 0 aliphatic carbocycles. The number of hydrogen-bond acceptors (Lipinski definition) is 5. The highest BCUT2D eigenvalue weighted by Gasteiger charge is 2.23. The Morgan fingerprint density at radius 2 is 1.83 bits per heavy atom. The zero-order valence-electron chi connectivity index (χ0n) is 17.1. The van der Waals surface area contributed by atoms with Crippen LogP contribution in [0.15, 0.2) is 42.5 Å². The molecule has 0 bridgehead atoms. The molecule has 7 heteroatoms. The highest BCUT2D eigenvalue weighted by molar-refractivity contribution is 7.80. The third-order valence-corrected chi connectivity index (χ3v) is 5.29. The molecule has 1 saturated heterocycles. The van der Waals surface area contributed by atoms with Crippen molar-refractivity contribution >= 4 is 23.0 Å². The maximum absolute atomic E-state index is 5.86. The Labute approximate surface area is 177 Å². The van der Waals surface area contributed by atoms with Gasteiger partial charge in [0.2, 0.25) is 0 Å². The minimum atomic E-state index is 0.157. The molecule has 0 unspecified atom stereocenters. The number of thiocarbonyl (C=S) groups is 1. The van der Waals surface area contributed by atoms with Crippen molar-refractivity contribution in [2.75, 3.05) is 39.8 Å². The first-order valence-electron chi connectivity index (χ1n) is 9.66. The zero-order chi connectivity index (χ0) is 20.6. The fourth-order valence-electron chi connectivity index (χ4n) is 3.48. The predicted molar refractivity (Wildman–Crippen MR) is 118 cm³/mol. The smallest absolute Gasteiger partial charge is 0.173 e. The van der Waals surface area contributed by atoms with Crippen LogP contribution in [-0.4, -0.2) is 50.6 Å². The molecule has 1 atom stereocenters. The summed E-state index contributed by atoms with van der Waals surface area (Å²) >= 11 is 5.77. The number of nitrogens with zero attached hydrogens (tertiary/aromatic N) is 1. The summed E-state index contributed by atoms with van der Waals surface area (Å²) in [4.78, 5) is 2.11. The van der Waals surface area contributed by atoms with E-state index < -0.39 is 0 Å². The standard InChI is InChI=1S/C22H28N2O4S/c1-25-19-11-5-4-10-18(19)23-22(29)24(15-17-9-7-13-28-17)14-16-8-6-12-20(26-2)21(16)27-3/h4-6,8,10-12,17H,7,9,13-15H2,1-3H3,(H,23,29)/t17-/m1/s1. The third kappa shape index (κ3) is 5.31. The number of hydrogen-bond donors (Lipinski definition) is 1. The Kier molecular flexibility index (Phi) is 7.55. The molecule has 2 aromatic carbocycles. The van der Waals surface area contributed by atoms with Gasteiger partial charge in [-0.2, -0.15) is 0 Å². The summed E-state index contributed by atoms with van der Waals surface area (Å²) in [5.41, 5.74) is 1.82. The number of rotatable bonds is 8. The molecule has 29 heavy (non-hydrogen) atoms. The largest absolute Gasteiger partial charge is 0.495 e. The SMILES string of the molecule is COc1ccccc1NC(=S)N(Cc1cccc(OC)c1OC)C[C@H]1CCCO1. The van der Waals surface area contributed by atoms with E-state index in [0.29, 0.717) is 29.7 Å². The van der Waals surface area contributed by atoms with Crippen molar-refractivity contribution in [2.45, 2.75) is 25.5 Å². The van der Waals surface area contributed by atoms with Crippen LogP contribution in [0.3, 0.4) is 0 Å². The van der Waals surface area contributed by atoms with E-state index in [0.717, 1.165) is 36.4 Å². The van der Waals surface area contributed by atoms with E-state index in [4.69, 9.17) is 31.2 Å². The van der Waals surface area contributed by atoms with E-state index in [2.05, 4.69) is 10.2 Å². The molecule has 6 nitrogen and oxygen atoms in total. The minimum absolute atomic E-state index is 0.157. The lowest BCUT2D eigenvalue weighted by atomic mass is 10.1. The van der Waals surface area contributed by atoms with Crippen LogP contribution >= 0.6 is 12.2 Å². The van der Waals surface area contributed by atoms with Gasteiger partial charge in [0, 0.05) is 25.3 Å². The van der Waals surface area contributed by atoms with Crippen LogP contribution in [-0.2, 0) is 11.3 Å². The number of nitrogens with one attached hydrogen (secondary N) is 1. The first-order chi connectivity index (χ1) is 14.2. The van der Waals surface area contributed by atoms with Crippen molar-refractivity contribution in [1.29, 1.82) is 0 Å². The highest BCUT2D eigenvalue weighted by Crippen LogP contribution is 2.32. The van der Waals surface area contributed by atoms with Crippen LogP contribution in [0.2, 0.25) is 0 Å². The summed E-state index contributed by atoms with van der Waals surface area (Å²) in [6.07, 6.45) is 2.26. The normalized spacial score (nSPS) is 15.6. The second-order valence-electron chi connectivity index (χ2n) is 6.80. The molecule has 1 fully saturated rings. The van der Waals surface area contributed by atoms with Crippen molar-refractivity contribution in [3.8, 4) is 17.2 Å². The zero-order valence-corrected chi connectivity index (χ0v) is 18.0. The lowest BCUT2D eigenvalue weighted by molar-refractivity contribution is 0.0903. The first-order valence-corrected chi connectivity index (χ1v) is 10.1. The van der Waals surface area contributed by atoms with Crippen LogP contribution in [0.5, 0.6) is 17.2 Å². The van der Waals surface area contributed by atoms with Crippen molar-refractivity contribution in [1.82, 2.24) is 4.90 Å². The number of ether oxygens (including phenoxy) is 4. The van der Waals surface area contributed by atoms with E-state index in [1.54, 1.807) is 21.3 Å². The van der Waals surface area contributed by atoms with E-state index in [-0.39, 0.29) is 6.10 Å². The number of anilines is 1. The molecule has 0 spiro atoms. The van der Waals surface area contributed by atoms with Gasteiger partial charge in [0.1, 0.15) is 5.75 Å². The van der Waals surface area contributed by atoms with E-state index in [1.807, 2.05) is 42.5 Å². The maximum Gasteiger partial charge on any atom is 0.173 e. The lowest BCUT2D eigenvalue weighted by Gasteiger charge is -2.29. The molecule has 1 aliphatic rings. The van der Waals surface area contributed by atoms with Crippen molar-refractivity contribution in [3.05, 3.63) is 48.0 Å². The van der Waals surface area contributed by atoms with Gasteiger partial charge in [-0.3, -0.25) is 0 Å². The molecular weight excluding hydrogens is 388 g/mol.